The van der Waals surface area contributed by atoms with Crippen LogP contribution >= 0.6 is 0 Å². The molecule has 4 aromatic carbocycles. The Balaban J connectivity index is 1.59. The third-order valence-electron chi connectivity index (χ3n) is 6.38. The highest BCUT2D eigenvalue weighted by atomic mass is 16.3. The first-order valence-corrected chi connectivity index (χ1v) is 11.4. The summed E-state index contributed by atoms with van der Waals surface area (Å²) in [5, 5.41) is 15.7. The number of aliphatic hydroxyl groups excluding tert-OH is 1. The number of nitrogens with zero attached hydrogens (tertiary/aromatic N) is 1. The van der Waals surface area contributed by atoms with Crippen molar-refractivity contribution in [3.05, 3.63) is 102 Å². The van der Waals surface area contributed by atoms with Gasteiger partial charge in [-0.1, -0.05) is 86.6 Å². The third kappa shape index (κ3) is 4.31. The summed E-state index contributed by atoms with van der Waals surface area (Å²) in [5.41, 5.74) is 2.65. The summed E-state index contributed by atoms with van der Waals surface area (Å²) in [6.07, 6.45) is 1.35. The maximum atomic E-state index is 13.2. The Kier molecular flexibility index (Phi) is 5.33. The van der Waals surface area contributed by atoms with Crippen LogP contribution in [0.5, 0.6) is 0 Å². The van der Waals surface area contributed by atoms with Gasteiger partial charge in [-0.2, -0.15) is 0 Å². The van der Waals surface area contributed by atoms with Crippen molar-refractivity contribution < 1.29 is 9.90 Å². The van der Waals surface area contributed by atoms with Crippen LogP contribution in [-0.4, -0.2) is 16.6 Å². The number of hydrogen-bond donors (Lipinski definition) is 1. The lowest BCUT2D eigenvalue weighted by molar-refractivity contribution is -0.117. The SMILES string of the molecule is CC1(C)CC(=O)C(=C(O)Cc2cccc3ccccc23)C(=Nc2ccc3ccccc3c2)C1. The highest BCUT2D eigenvalue weighted by Gasteiger charge is 2.36. The first-order chi connectivity index (χ1) is 15.9. The van der Waals surface area contributed by atoms with Crippen molar-refractivity contribution in [3.8, 4) is 0 Å². The van der Waals surface area contributed by atoms with Crippen molar-refractivity contribution in [2.24, 2.45) is 10.4 Å². The van der Waals surface area contributed by atoms with Gasteiger partial charge in [0.1, 0.15) is 5.76 Å². The minimum absolute atomic E-state index is 0.0384. The van der Waals surface area contributed by atoms with E-state index in [4.69, 9.17) is 4.99 Å². The van der Waals surface area contributed by atoms with Crippen LogP contribution in [0.1, 0.15) is 32.3 Å². The number of rotatable bonds is 3. The van der Waals surface area contributed by atoms with E-state index in [0.29, 0.717) is 30.5 Å². The number of hydrogen-bond acceptors (Lipinski definition) is 3. The highest BCUT2D eigenvalue weighted by Crippen LogP contribution is 2.37. The van der Waals surface area contributed by atoms with Crippen molar-refractivity contribution in [2.45, 2.75) is 33.1 Å². The second-order valence-corrected chi connectivity index (χ2v) is 9.67. The summed E-state index contributed by atoms with van der Waals surface area (Å²) in [6.45, 7) is 4.17. The highest BCUT2D eigenvalue weighted by molar-refractivity contribution is 6.25. The Morgan fingerprint density at radius 3 is 2.36 bits per heavy atom. The quantitative estimate of drug-likeness (QED) is 0.268. The second-order valence-electron chi connectivity index (χ2n) is 9.67. The van der Waals surface area contributed by atoms with E-state index < -0.39 is 0 Å². The Hall–Kier alpha value is -3.72. The van der Waals surface area contributed by atoms with Gasteiger partial charge in [0.2, 0.25) is 0 Å². The molecule has 1 fully saturated rings. The number of Topliss-reactive ketones (excluding diaryl/α,β-unsaturated/α-hetero) is 1. The second kappa shape index (κ2) is 8.32. The molecule has 0 aromatic heterocycles. The fourth-order valence-electron chi connectivity index (χ4n) is 4.83. The van der Waals surface area contributed by atoms with Gasteiger partial charge in [0.05, 0.1) is 17.0 Å². The van der Waals surface area contributed by atoms with Crippen molar-refractivity contribution in [3.63, 3.8) is 0 Å². The molecule has 1 aliphatic rings. The normalized spacial score (nSPS) is 18.7. The lowest BCUT2D eigenvalue weighted by atomic mass is 9.73. The molecule has 3 nitrogen and oxygen atoms in total. The Labute approximate surface area is 194 Å². The molecule has 1 N–H and O–H groups in total. The maximum Gasteiger partial charge on any atom is 0.168 e. The largest absolute Gasteiger partial charge is 0.511 e. The molecule has 0 atom stereocenters. The maximum absolute atomic E-state index is 13.2. The molecule has 0 spiro atoms. The Bertz CT molecular complexity index is 1440. The molecule has 33 heavy (non-hydrogen) atoms. The molecular weight excluding hydrogens is 406 g/mol. The van der Waals surface area contributed by atoms with E-state index in [2.05, 4.69) is 44.2 Å². The molecule has 0 radical (unpaired) electrons. The zero-order chi connectivity index (χ0) is 23.0. The van der Waals surface area contributed by atoms with Crippen LogP contribution in [0.25, 0.3) is 21.5 Å². The average molecular weight is 434 g/mol. The molecule has 0 amide bonds. The van der Waals surface area contributed by atoms with Crippen LogP contribution in [-0.2, 0) is 11.2 Å². The predicted molar refractivity (Wildman–Crippen MR) is 136 cm³/mol. The molecule has 0 unspecified atom stereocenters. The monoisotopic (exact) mass is 433 g/mol. The predicted octanol–water partition coefficient (Wildman–Crippen LogP) is 7.51. The first-order valence-electron chi connectivity index (χ1n) is 11.4. The number of carbonyl (C=O) groups is 1. The Morgan fingerprint density at radius 1 is 0.848 bits per heavy atom. The van der Waals surface area contributed by atoms with E-state index in [1.165, 1.54) is 0 Å². The molecule has 1 saturated carbocycles. The van der Waals surface area contributed by atoms with E-state index >= 15 is 0 Å². The van der Waals surface area contributed by atoms with Gasteiger partial charge in [0.15, 0.2) is 5.78 Å². The van der Waals surface area contributed by atoms with Crippen molar-refractivity contribution >= 4 is 38.7 Å². The minimum atomic E-state index is -0.198. The van der Waals surface area contributed by atoms with Crippen molar-refractivity contribution in [1.29, 1.82) is 0 Å². The number of carbonyl (C=O) groups excluding carboxylic acids is 1. The summed E-state index contributed by atoms with van der Waals surface area (Å²) in [4.78, 5) is 18.1. The number of aliphatic imine (C=N–C) groups is 1. The van der Waals surface area contributed by atoms with Crippen LogP contribution in [0.2, 0.25) is 0 Å². The number of allylic oxidation sites excluding steroid dienone is 2. The first kappa shape index (κ1) is 21.1. The summed E-state index contributed by atoms with van der Waals surface area (Å²) >= 11 is 0. The van der Waals surface area contributed by atoms with Crippen LogP contribution in [0.3, 0.4) is 0 Å². The average Bonchev–Trinajstić information content (AvgIpc) is 2.78. The third-order valence-corrected chi connectivity index (χ3v) is 6.38. The van der Waals surface area contributed by atoms with Crippen molar-refractivity contribution in [2.75, 3.05) is 0 Å². The van der Waals surface area contributed by atoms with Gasteiger partial charge in [-0.3, -0.25) is 9.79 Å². The zero-order valence-electron chi connectivity index (χ0n) is 19.0. The summed E-state index contributed by atoms with van der Waals surface area (Å²) in [5.74, 6) is 0.0647. The van der Waals surface area contributed by atoms with E-state index in [1.54, 1.807) is 0 Å². The van der Waals surface area contributed by atoms with Crippen molar-refractivity contribution in [1.82, 2.24) is 0 Å². The Morgan fingerprint density at radius 2 is 1.55 bits per heavy atom. The standard InChI is InChI=1S/C30H27NO2/c1-30(2)18-26(31-24-15-14-20-8-3-4-10-22(20)16-24)29(28(33)19-30)27(32)17-23-12-7-11-21-9-5-6-13-25(21)23/h3-16,32H,17-19H2,1-2H3. The molecule has 0 bridgehead atoms. The van der Waals surface area contributed by atoms with E-state index in [9.17, 15) is 9.90 Å². The number of fused-ring (bicyclic) bond motifs is 2. The van der Waals surface area contributed by atoms with Gasteiger partial charge in [-0.05, 0) is 51.1 Å². The van der Waals surface area contributed by atoms with Crippen LogP contribution < -0.4 is 0 Å². The molecule has 4 aromatic rings. The molecule has 5 rings (SSSR count). The van der Waals surface area contributed by atoms with Gasteiger partial charge in [-0.25, -0.2) is 0 Å². The molecular formula is C30H27NO2. The van der Waals surface area contributed by atoms with Gasteiger partial charge in [0, 0.05) is 12.8 Å². The number of aliphatic hydroxyl groups is 1. The minimum Gasteiger partial charge on any atom is -0.511 e. The van der Waals surface area contributed by atoms with Gasteiger partial charge in [-0.15, -0.1) is 0 Å². The van der Waals surface area contributed by atoms with Gasteiger partial charge >= 0.3 is 0 Å². The smallest absolute Gasteiger partial charge is 0.168 e. The summed E-state index contributed by atoms with van der Waals surface area (Å²) < 4.78 is 0. The molecule has 0 heterocycles. The molecule has 164 valence electrons. The van der Waals surface area contributed by atoms with E-state index in [1.807, 2.05) is 54.6 Å². The fraction of sp³-hybridized carbons (Fsp3) is 0.200. The van der Waals surface area contributed by atoms with Crippen LogP contribution in [0.15, 0.2) is 101 Å². The van der Waals surface area contributed by atoms with E-state index in [0.717, 1.165) is 32.8 Å². The van der Waals surface area contributed by atoms with Crippen LogP contribution in [0.4, 0.5) is 5.69 Å². The summed E-state index contributed by atoms with van der Waals surface area (Å²) in [7, 11) is 0. The summed E-state index contributed by atoms with van der Waals surface area (Å²) in [6, 6.07) is 28.4. The number of benzene rings is 4. The molecule has 0 aliphatic heterocycles. The lowest BCUT2D eigenvalue weighted by Crippen LogP contribution is -2.32. The zero-order valence-corrected chi connectivity index (χ0v) is 19.0. The topological polar surface area (TPSA) is 49.7 Å². The van der Waals surface area contributed by atoms with Gasteiger partial charge in [0.25, 0.3) is 0 Å². The van der Waals surface area contributed by atoms with E-state index in [-0.39, 0.29) is 17.0 Å². The number of ketones is 1. The van der Waals surface area contributed by atoms with Crippen LogP contribution in [0, 0.1) is 5.41 Å². The molecule has 0 saturated heterocycles. The fourth-order valence-corrected chi connectivity index (χ4v) is 4.83. The molecule has 1 aliphatic carbocycles. The lowest BCUT2D eigenvalue weighted by Gasteiger charge is -2.31. The van der Waals surface area contributed by atoms with Gasteiger partial charge < -0.3 is 5.11 Å². The molecule has 3 heteroatoms.